The molecule has 1 N–H and O–H groups in total. The van der Waals surface area contributed by atoms with E-state index in [4.69, 9.17) is 0 Å². The van der Waals surface area contributed by atoms with Crippen LogP contribution in [0.3, 0.4) is 0 Å². The van der Waals surface area contributed by atoms with Crippen molar-refractivity contribution in [2.45, 2.75) is 60.0 Å². The number of nitrogens with one attached hydrogen (secondary N) is 1. The lowest BCUT2D eigenvalue weighted by Gasteiger charge is -2.28. The van der Waals surface area contributed by atoms with E-state index >= 15 is 0 Å². The summed E-state index contributed by atoms with van der Waals surface area (Å²) >= 11 is 0. The zero-order valence-electron chi connectivity index (χ0n) is 11.7. The first-order valence-electron chi connectivity index (χ1n) is 6.40. The molecule has 0 aliphatic heterocycles. The minimum atomic E-state index is 0.142. The lowest BCUT2D eigenvalue weighted by atomic mass is 10.1. The van der Waals surface area contributed by atoms with E-state index in [1.807, 2.05) is 6.92 Å². The van der Waals surface area contributed by atoms with Crippen molar-refractivity contribution in [3.8, 4) is 0 Å². The van der Waals surface area contributed by atoms with Gasteiger partial charge in [-0.05, 0) is 33.1 Å². The Hall–Kier alpha value is -0.570. The fourth-order valence-corrected chi connectivity index (χ4v) is 1.53. The molecule has 0 bridgehead atoms. The van der Waals surface area contributed by atoms with E-state index in [1.165, 1.54) is 0 Å². The van der Waals surface area contributed by atoms with Crippen LogP contribution in [-0.2, 0) is 4.79 Å². The highest BCUT2D eigenvalue weighted by Crippen LogP contribution is 2.03. The van der Waals surface area contributed by atoms with Gasteiger partial charge in [-0.25, -0.2) is 0 Å². The highest BCUT2D eigenvalue weighted by Gasteiger charge is 2.15. The number of carbonyl (C=O) groups excluding carboxylic acids is 1. The maximum Gasteiger partial charge on any atom is 0.234 e. The predicted octanol–water partition coefficient (Wildman–Crippen LogP) is 2.27. The lowest BCUT2D eigenvalue weighted by Crippen LogP contribution is -2.44. The summed E-state index contributed by atoms with van der Waals surface area (Å²) < 4.78 is 0. The van der Waals surface area contributed by atoms with Crippen molar-refractivity contribution >= 4 is 5.91 Å². The second-order valence-corrected chi connectivity index (χ2v) is 5.29. The van der Waals surface area contributed by atoms with Crippen molar-refractivity contribution in [3.05, 3.63) is 0 Å². The SMILES string of the molecule is CCC(C)NC(=O)CN(CC(C)C)C(C)C. The minimum absolute atomic E-state index is 0.142. The Kier molecular flexibility index (Phi) is 7.39. The summed E-state index contributed by atoms with van der Waals surface area (Å²) in [5.41, 5.74) is 0. The predicted molar refractivity (Wildman–Crippen MR) is 69.4 cm³/mol. The Morgan fingerprint density at radius 1 is 1.19 bits per heavy atom. The molecular formula is C13H28N2O. The fourth-order valence-electron chi connectivity index (χ4n) is 1.53. The molecule has 0 saturated heterocycles. The molecule has 1 amide bonds. The molecule has 0 spiro atoms. The van der Waals surface area contributed by atoms with E-state index in [9.17, 15) is 4.79 Å². The van der Waals surface area contributed by atoms with E-state index in [2.05, 4.69) is 44.8 Å². The summed E-state index contributed by atoms with van der Waals surface area (Å²) in [5, 5.41) is 3.01. The van der Waals surface area contributed by atoms with Gasteiger partial charge in [-0.1, -0.05) is 20.8 Å². The van der Waals surface area contributed by atoms with Crippen molar-refractivity contribution in [1.29, 1.82) is 0 Å². The van der Waals surface area contributed by atoms with Crippen LogP contribution in [0.1, 0.15) is 48.0 Å². The maximum absolute atomic E-state index is 11.8. The van der Waals surface area contributed by atoms with Crippen LogP contribution >= 0.6 is 0 Å². The van der Waals surface area contributed by atoms with E-state index < -0.39 is 0 Å². The quantitative estimate of drug-likeness (QED) is 0.725. The number of nitrogens with zero attached hydrogens (tertiary/aromatic N) is 1. The monoisotopic (exact) mass is 228 g/mol. The summed E-state index contributed by atoms with van der Waals surface area (Å²) in [6.45, 7) is 14.3. The Labute approximate surface area is 101 Å². The molecule has 3 heteroatoms. The van der Waals surface area contributed by atoms with Gasteiger partial charge in [-0.15, -0.1) is 0 Å². The minimum Gasteiger partial charge on any atom is -0.353 e. The molecule has 96 valence electrons. The van der Waals surface area contributed by atoms with Crippen LogP contribution in [-0.4, -0.2) is 36.0 Å². The van der Waals surface area contributed by atoms with E-state index in [1.54, 1.807) is 0 Å². The molecule has 0 aromatic rings. The molecule has 0 saturated carbocycles. The third kappa shape index (κ3) is 6.83. The number of rotatable bonds is 7. The Morgan fingerprint density at radius 3 is 2.12 bits per heavy atom. The van der Waals surface area contributed by atoms with Crippen LogP contribution in [0.15, 0.2) is 0 Å². The van der Waals surface area contributed by atoms with E-state index in [0.717, 1.165) is 13.0 Å². The summed E-state index contributed by atoms with van der Waals surface area (Å²) in [4.78, 5) is 14.0. The molecule has 0 aliphatic carbocycles. The van der Waals surface area contributed by atoms with Crippen LogP contribution in [0.4, 0.5) is 0 Å². The molecular weight excluding hydrogens is 200 g/mol. The largest absolute Gasteiger partial charge is 0.353 e. The lowest BCUT2D eigenvalue weighted by molar-refractivity contribution is -0.123. The zero-order chi connectivity index (χ0) is 12.7. The third-order valence-electron chi connectivity index (χ3n) is 2.70. The molecule has 0 heterocycles. The van der Waals surface area contributed by atoms with Gasteiger partial charge in [0.05, 0.1) is 6.54 Å². The van der Waals surface area contributed by atoms with Gasteiger partial charge in [-0.2, -0.15) is 0 Å². The maximum atomic E-state index is 11.8. The second kappa shape index (κ2) is 7.66. The molecule has 0 rings (SSSR count). The average Bonchev–Trinajstić information content (AvgIpc) is 2.15. The molecule has 0 aliphatic rings. The van der Waals surface area contributed by atoms with E-state index in [-0.39, 0.29) is 11.9 Å². The van der Waals surface area contributed by atoms with Crippen LogP contribution in [0, 0.1) is 5.92 Å². The summed E-state index contributed by atoms with van der Waals surface area (Å²) in [7, 11) is 0. The zero-order valence-corrected chi connectivity index (χ0v) is 11.7. The van der Waals surface area contributed by atoms with Crippen molar-refractivity contribution in [3.63, 3.8) is 0 Å². The first-order chi connectivity index (χ1) is 7.36. The standard InChI is InChI=1S/C13H28N2O/c1-7-12(6)14-13(16)9-15(11(4)5)8-10(2)3/h10-12H,7-9H2,1-6H3,(H,14,16). The Bertz CT molecular complexity index is 202. The van der Waals surface area contributed by atoms with Crippen molar-refractivity contribution in [2.75, 3.05) is 13.1 Å². The van der Waals surface area contributed by atoms with E-state index in [0.29, 0.717) is 18.5 Å². The molecule has 0 aromatic heterocycles. The molecule has 16 heavy (non-hydrogen) atoms. The first-order valence-corrected chi connectivity index (χ1v) is 6.40. The van der Waals surface area contributed by atoms with Crippen molar-refractivity contribution < 1.29 is 4.79 Å². The van der Waals surface area contributed by atoms with Gasteiger partial charge >= 0.3 is 0 Å². The molecule has 3 nitrogen and oxygen atoms in total. The molecule has 1 atom stereocenters. The third-order valence-corrected chi connectivity index (χ3v) is 2.70. The smallest absolute Gasteiger partial charge is 0.234 e. The summed E-state index contributed by atoms with van der Waals surface area (Å²) in [6.07, 6.45) is 0.984. The van der Waals surface area contributed by atoms with Gasteiger partial charge in [0.1, 0.15) is 0 Å². The first kappa shape index (κ1) is 15.4. The normalized spacial score (nSPS) is 13.6. The van der Waals surface area contributed by atoms with Crippen LogP contribution < -0.4 is 5.32 Å². The Balaban J connectivity index is 4.13. The molecule has 1 unspecified atom stereocenters. The Morgan fingerprint density at radius 2 is 1.75 bits per heavy atom. The summed E-state index contributed by atoms with van der Waals surface area (Å²) in [5.74, 6) is 0.738. The van der Waals surface area contributed by atoms with Crippen molar-refractivity contribution in [2.24, 2.45) is 5.92 Å². The highest BCUT2D eigenvalue weighted by atomic mass is 16.2. The number of carbonyl (C=O) groups is 1. The number of amides is 1. The molecule has 0 fully saturated rings. The van der Waals surface area contributed by atoms with Gasteiger partial charge in [0.15, 0.2) is 0 Å². The topological polar surface area (TPSA) is 32.3 Å². The highest BCUT2D eigenvalue weighted by molar-refractivity contribution is 5.78. The molecule has 0 radical (unpaired) electrons. The van der Waals surface area contributed by atoms with Gasteiger partial charge in [0, 0.05) is 18.6 Å². The second-order valence-electron chi connectivity index (χ2n) is 5.29. The van der Waals surface area contributed by atoms with Gasteiger partial charge < -0.3 is 5.32 Å². The van der Waals surface area contributed by atoms with Crippen LogP contribution in [0.5, 0.6) is 0 Å². The van der Waals surface area contributed by atoms with Gasteiger partial charge in [-0.3, -0.25) is 9.69 Å². The fraction of sp³-hybridized carbons (Fsp3) is 0.923. The van der Waals surface area contributed by atoms with Crippen LogP contribution in [0.25, 0.3) is 0 Å². The van der Waals surface area contributed by atoms with Crippen LogP contribution in [0.2, 0.25) is 0 Å². The average molecular weight is 228 g/mol. The van der Waals surface area contributed by atoms with Gasteiger partial charge in [0.2, 0.25) is 5.91 Å². The van der Waals surface area contributed by atoms with Crippen molar-refractivity contribution in [1.82, 2.24) is 10.2 Å². The van der Waals surface area contributed by atoms with Gasteiger partial charge in [0.25, 0.3) is 0 Å². The summed E-state index contributed by atoms with van der Waals surface area (Å²) in [6, 6.07) is 0.700. The molecule has 0 aromatic carbocycles. The number of hydrogen-bond acceptors (Lipinski definition) is 2. The number of hydrogen-bond donors (Lipinski definition) is 1.